The number of aromatic nitrogens is 1. The zero-order valence-electron chi connectivity index (χ0n) is 15.7. The van der Waals surface area contributed by atoms with E-state index in [0.29, 0.717) is 28.3 Å². The van der Waals surface area contributed by atoms with E-state index in [1.54, 1.807) is 31.2 Å². The number of para-hydroxylation sites is 1. The smallest absolute Gasteiger partial charge is 0.399 e. The number of nitrogens with zero attached hydrogens (tertiary/aromatic N) is 2. The van der Waals surface area contributed by atoms with Gasteiger partial charge in [-0.2, -0.15) is 13.2 Å². The van der Waals surface area contributed by atoms with Crippen LogP contribution in [0.3, 0.4) is 0 Å². The van der Waals surface area contributed by atoms with Gasteiger partial charge in [-0.1, -0.05) is 70.6 Å². The van der Waals surface area contributed by atoms with Crippen molar-refractivity contribution in [3.05, 3.63) is 69.1 Å². The molecule has 0 aliphatic rings. The molecule has 0 spiro atoms. The summed E-state index contributed by atoms with van der Waals surface area (Å²) in [5.41, 5.74) is 1.99. The number of thiazole rings is 1. The van der Waals surface area contributed by atoms with Gasteiger partial charge in [-0.3, -0.25) is 4.79 Å². The van der Waals surface area contributed by atoms with Gasteiger partial charge in [-0.25, -0.2) is 4.98 Å². The molecule has 3 rings (SSSR count). The highest BCUT2D eigenvalue weighted by molar-refractivity contribution is 7.17. The molecular formula is C20H15ClF3N3O2S. The fourth-order valence-electron chi connectivity index (χ4n) is 2.74. The van der Waals surface area contributed by atoms with Crippen LogP contribution in [0, 0.1) is 0 Å². The van der Waals surface area contributed by atoms with Gasteiger partial charge in [0.25, 0.3) is 5.91 Å². The van der Waals surface area contributed by atoms with Crippen LogP contribution >= 0.6 is 22.9 Å². The zero-order valence-corrected chi connectivity index (χ0v) is 17.3. The van der Waals surface area contributed by atoms with Crippen molar-refractivity contribution in [2.45, 2.75) is 13.1 Å². The lowest BCUT2D eigenvalue weighted by molar-refractivity contribution is -0.141. The minimum atomic E-state index is -4.78. The van der Waals surface area contributed by atoms with Gasteiger partial charge in [0, 0.05) is 11.3 Å². The minimum Gasteiger partial charge on any atom is -0.399 e. The first-order valence-corrected chi connectivity index (χ1v) is 9.72. The Bertz CT molecular complexity index is 1100. The molecule has 1 aromatic heterocycles. The lowest BCUT2D eigenvalue weighted by atomic mass is 10.0. The van der Waals surface area contributed by atoms with E-state index >= 15 is 0 Å². The van der Waals surface area contributed by atoms with Crippen molar-refractivity contribution in [2.75, 3.05) is 12.4 Å². The summed E-state index contributed by atoms with van der Waals surface area (Å²) in [6.45, 7) is 1.80. The van der Waals surface area contributed by atoms with Gasteiger partial charge < -0.3 is 10.2 Å². The Balaban J connectivity index is 1.92. The molecule has 0 fully saturated rings. The van der Waals surface area contributed by atoms with Crippen molar-refractivity contribution in [1.82, 2.24) is 4.98 Å². The highest BCUT2D eigenvalue weighted by Crippen LogP contribution is 2.37. The van der Waals surface area contributed by atoms with E-state index < -0.39 is 22.7 Å². The number of hydrogen-bond donors (Lipinski definition) is 1. The Morgan fingerprint density at radius 2 is 1.83 bits per heavy atom. The number of amides is 1. The van der Waals surface area contributed by atoms with Crippen LogP contribution in [0.15, 0.2) is 53.7 Å². The van der Waals surface area contributed by atoms with E-state index in [4.69, 9.17) is 16.4 Å². The molecule has 0 saturated carbocycles. The molecule has 156 valence electrons. The second-order valence-corrected chi connectivity index (χ2v) is 7.66. The monoisotopic (exact) mass is 453 g/mol. The highest BCUT2D eigenvalue weighted by Gasteiger charge is 2.39. The largest absolute Gasteiger partial charge is 0.435 e. The van der Waals surface area contributed by atoms with E-state index in [-0.39, 0.29) is 4.47 Å². The van der Waals surface area contributed by atoms with Gasteiger partial charge in [0.15, 0.2) is 10.2 Å². The number of anilines is 1. The number of alkyl halides is 3. The third-order valence-corrected chi connectivity index (χ3v) is 5.25. The molecule has 1 N–H and O–H groups in total. The second-order valence-electron chi connectivity index (χ2n) is 6.08. The Morgan fingerprint density at radius 3 is 2.47 bits per heavy atom. The summed E-state index contributed by atoms with van der Waals surface area (Å²) in [4.78, 5) is 20.0. The van der Waals surface area contributed by atoms with Crippen molar-refractivity contribution in [3.8, 4) is 11.1 Å². The minimum absolute atomic E-state index is 0.357. The number of halogens is 4. The average Bonchev–Trinajstić information content (AvgIpc) is 3.11. The topological polar surface area (TPSA) is 63.6 Å². The summed E-state index contributed by atoms with van der Waals surface area (Å²) < 4.78 is 39.1. The molecule has 0 radical (unpaired) electrons. The van der Waals surface area contributed by atoms with Crippen molar-refractivity contribution < 1.29 is 22.8 Å². The Hall–Kier alpha value is -2.91. The highest BCUT2D eigenvalue weighted by atomic mass is 35.5. The summed E-state index contributed by atoms with van der Waals surface area (Å²) in [5.74, 6) is -0.932. The van der Waals surface area contributed by atoms with E-state index in [0.717, 1.165) is 11.1 Å². The third-order valence-electron chi connectivity index (χ3n) is 4.09. The van der Waals surface area contributed by atoms with Gasteiger partial charge >= 0.3 is 6.18 Å². The van der Waals surface area contributed by atoms with Crippen molar-refractivity contribution >= 4 is 40.2 Å². The molecule has 30 heavy (non-hydrogen) atoms. The van der Waals surface area contributed by atoms with Crippen molar-refractivity contribution in [2.24, 2.45) is 5.16 Å². The Morgan fingerprint density at radius 1 is 1.17 bits per heavy atom. The molecule has 0 saturated heterocycles. The lowest BCUT2D eigenvalue weighted by Crippen LogP contribution is -2.17. The fourth-order valence-corrected chi connectivity index (χ4v) is 3.77. The summed E-state index contributed by atoms with van der Waals surface area (Å²) in [5, 5.41) is 6.41. The van der Waals surface area contributed by atoms with Crippen LogP contribution in [0.4, 0.5) is 18.9 Å². The molecule has 1 heterocycles. The van der Waals surface area contributed by atoms with E-state index in [1.165, 1.54) is 7.11 Å². The maximum atomic E-state index is 13.1. The summed E-state index contributed by atoms with van der Waals surface area (Å²) in [6.07, 6.45) is -4.78. The summed E-state index contributed by atoms with van der Waals surface area (Å²) >= 11 is 6.09. The SMILES string of the molecule is CO/N=C(/C)c1ccc(-c2ccccc2NC(=O)c2sc(Cl)nc2C(F)(F)F)cc1. The van der Waals surface area contributed by atoms with Crippen LogP contribution in [-0.4, -0.2) is 23.7 Å². The second kappa shape index (κ2) is 8.85. The first-order chi connectivity index (χ1) is 14.2. The van der Waals surface area contributed by atoms with Gasteiger partial charge in [0.2, 0.25) is 0 Å². The quantitative estimate of drug-likeness (QED) is 0.374. The van der Waals surface area contributed by atoms with E-state index in [1.807, 2.05) is 24.3 Å². The molecule has 2 aromatic carbocycles. The number of benzene rings is 2. The lowest BCUT2D eigenvalue weighted by Gasteiger charge is -2.12. The summed E-state index contributed by atoms with van der Waals surface area (Å²) in [6, 6.07) is 14.1. The zero-order chi connectivity index (χ0) is 21.9. The van der Waals surface area contributed by atoms with Gasteiger partial charge in [-0.15, -0.1) is 0 Å². The van der Waals surface area contributed by atoms with E-state index in [9.17, 15) is 18.0 Å². The average molecular weight is 454 g/mol. The first kappa shape index (κ1) is 21.8. The molecule has 0 unspecified atom stereocenters. The van der Waals surface area contributed by atoms with Crippen LogP contribution < -0.4 is 5.32 Å². The van der Waals surface area contributed by atoms with Crippen LogP contribution in [0.2, 0.25) is 4.47 Å². The molecule has 0 aliphatic carbocycles. The van der Waals surface area contributed by atoms with Gasteiger partial charge in [-0.05, 0) is 24.1 Å². The van der Waals surface area contributed by atoms with E-state index in [2.05, 4.69) is 15.5 Å². The third kappa shape index (κ3) is 4.80. The first-order valence-electron chi connectivity index (χ1n) is 8.53. The number of rotatable bonds is 5. The predicted molar refractivity (Wildman–Crippen MR) is 111 cm³/mol. The Kier molecular flexibility index (Phi) is 6.42. The molecule has 5 nitrogen and oxygen atoms in total. The maximum absolute atomic E-state index is 13.1. The van der Waals surface area contributed by atoms with Crippen LogP contribution in [0.5, 0.6) is 0 Å². The normalized spacial score (nSPS) is 12.0. The van der Waals surface area contributed by atoms with Crippen molar-refractivity contribution in [1.29, 1.82) is 0 Å². The molecule has 0 aliphatic heterocycles. The maximum Gasteiger partial charge on any atom is 0.435 e. The number of hydrogen-bond acceptors (Lipinski definition) is 5. The molecular weight excluding hydrogens is 439 g/mol. The van der Waals surface area contributed by atoms with Gasteiger partial charge in [0.1, 0.15) is 12.0 Å². The summed E-state index contributed by atoms with van der Waals surface area (Å²) in [7, 11) is 1.46. The van der Waals surface area contributed by atoms with Crippen LogP contribution in [0.25, 0.3) is 11.1 Å². The predicted octanol–water partition coefficient (Wildman–Crippen LogP) is 6.11. The number of nitrogens with one attached hydrogen (secondary N) is 1. The Labute approximate surface area is 179 Å². The number of carbonyl (C=O) groups excluding carboxylic acids is 1. The number of carbonyl (C=O) groups is 1. The number of oxime groups is 1. The standard InChI is InChI=1S/C20H15ClF3N3O2S/c1-11(27-29-2)12-7-9-13(10-8-12)14-5-3-4-6-15(14)25-18(28)16-17(20(22,23)24)26-19(21)30-16/h3-10H,1-2H3,(H,25,28)/b27-11-. The molecule has 10 heteroatoms. The van der Waals surface area contributed by atoms with Crippen LogP contribution in [0.1, 0.15) is 27.9 Å². The molecule has 0 atom stereocenters. The van der Waals surface area contributed by atoms with Crippen LogP contribution in [-0.2, 0) is 11.0 Å². The molecule has 3 aromatic rings. The molecule has 0 bridgehead atoms. The van der Waals surface area contributed by atoms with Crippen molar-refractivity contribution in [3.63, 3.8) is 0 Å². The fraction of sp³-hybridized carbons (Fsp3) is 0.150. The van der Waals surface area contributed by atoms with Gasteiger partial charge in [0.05, 0.1) is 5.71 Å². The molecule has 1 amide bonds.